The molecule has 0 saturated carbocycles. The summed E-state index contributed by atoms with van der Waals surface area (Å²) in [4.78, 5) is 34.7. The molecule has 9 nitrogen and oxygen atoms in total. The summed E-state index contributed by atoms with van der Waals surface area (Å²) >= 11 is 0. The van der Waals surface area contributed by atoms with Crippen LogP contribution in [0.25, 0.3) is 0 Å². The monoisotopic (exact) mass is 513 g/mol. The van der Waals surface area contributed by atoms with Gasteiger partial charge < -0.3 is 24.6 Å². The van der Waals surface area contributed by atoms with Gasteiger partial charge in [0.2, 0.25) is 11.9 Å². The van der Waals surface area contributed by atoms with Crippen molar-refractivity contribution in [3.8, 4) is 5.75 Å². The molecule has 1 fully saturated rings. The van der Waals surface area contributed by atoms with Crippen molar-refractivity contribution in [1.82, 2.24) is 15.3 Å². The number of hydrogen-bond donors (Lipinski definition) is 1. The lowest BCUT2D eigenvalue weighted by molar-refractivity contribution is -0.138. The molecule has 1 aromatic carbocycles. The van der Waals surface area contributed by atoms with Crippen LogP contribution in [0, 0.1) is 5.82 Å². The van der Waals surface area contributed by atoms with E-state index in [-0.39, 0.29) is 43.6 Å². The van der Waals surface area contributed by atoms with Gasteiger partial charge in [0.25, 0.3) is 0 Å². The third-order valence-electron chi connectivity index (χ3n) is 4.95. The van der Waals surface area contributed by atoms with E-state index in [9.17, 15) is 22.8 Å². The second-order valence-corrected chi connectivity index (χ2v) is 9.18. The summed E-state index contributed by atoms with van der Waals surface area (Å²) in [6.07, 6.45) is -3.90. The minimum atomic E-state index is -4.57. The van der Waals surface area contributed by atoms with Gasteiger partial charge in [-0.3, -0.25) is 4.79 Å². The fraction of sp³-hybridized carbons (Fsp3) is 0.478. The van der Waals surface area contributed by atoms with Crippen molar-refractivity contribution in [2.24, 2.45) is 0 Å². The van der Waals surface area contributed by atoms with E-state index in [2.05, 4.69) is 15.3 Å². The zero-order valence-electron chi connectivity index (χ0n) is 20.2. The number of alkyl halides is 3. The molecule has 3 rings (SSSR count). The Morgan fingerprint density at radius 1 is 1.17 bits per heavy atom. The lowest BCUT2D eigenvalue weighted by Crippen LogP contribution is -2.51. The van der Waals surface area contributed by atoms with E-state index in [4.69, 9.17) is 9.47 Å². The van der Waals surface area contributed by atoms with E-state index >= 15 is 4.39 Å². The second-order valence-electron chi connectivity index (χ2n) is 9.18. The minimum Gasteiger partial charge on any atom is -0.488 e. The van der Waals surface area contributed by atoms with Gasteiger partial charge in [-0.25, -0.2) is 19.2 Å². The van der Waals surface area contributed by atoms with Crippen LogP contribution in [0.2, 0.25) is 0 Å². The van der Waals surface area contributed by atoms with Crippen molar-refractivity contribution in [2.45, 2.75) is 45.5 Å². The third kappa shape index (κ3) is 6.95. The molecule has 1 N–H and O–H groups in total. The molecule has 36 heavy (non-hydrogen) atoms. The molecule has 1 aromatic heterocycles. The first-order chi connectivity index (χ1) is 16.7. The lowest BCUT2D eigenvalue weighted by Gasteiger charge is -2.34. The number of rotatable bonds is 6. The predicted molar refractivity (Wildman–Crippen MR) is 122 cm³/mol. The predicted octanol–water partition coefficient (Wildman–Crippen LogP) is 3.78. The van der Waals surface area contributed by atoms with Gasteiger partial charge in [0, 0.05) is 25.5 Å². The normalized spacial score (nSPS) is 15.5. The average Bonchev–Trinajstić information content (AvgIpc) is 2.77. The molecule has 13 heteroatoms. The maximum absolute atomic E-state index is 15.2. The van der Waals surface area contributed by atoms with Gasteiger partial charge in [0.1, 0.15) is 18.8 Å². The Kier molecular flexibility index (Phi) is 7.89. The van der Waals surface area contributed by atoms with E-state index in [1.54, 1.807) is 27.7 Å². The number of amides is 2. The molecule has 2 aromatic rings. The van der Waals surface area contributed by atoms with Crippen molar-refractivity contribution < 1.29 is 36.6 Å². The van der Waals surface area contributed by atoms with E-state index in [0.29, 0.717) is 12.4 Å². The van der Waals surface area contributed by atoms with Crippen molar-refractivity contribution in [3.63, 3.8) is 0 Å². The van der Waals surface area contributed by atoms with Crippen LogP contribution < -0.4 is 19.9 Å². The van der Waals surface area contributed by atoms with Crippen molar-refractivity contribution in [3.05, 3.63) is 42.0 Å². The number of hydrogen-bond acceptors (Lipinski definition) is 7. The molecular weight excluding hydrogens is 486 g/mol. The van der Waals surface area contributed by atoms with E-state index < -0.39 is 41.2 Å². The van der Waals surface area contributed by atoms with Crippen molar-refractivity contribution in [2.75, 3.05) is 36.0 Å². The van der Waals surface area contributed by atoms with Crippen LogP contribution in [0.3, 0.4) is 0 Å². The Morgan fingerprint density at radius 3 is 2.42 bits per heavy atom. The largest absolute Gasteiger partial charge is 0.488 e. The topological polar surface area (TPSA) is 96.9 Å². The number of ether oxygens (including phenoxy) is 2. The first-order valence-corrected chi connectivity index (χ1v) is 11.1. The van der Waals surface area contributed by atoms with Crippen LogP contribution in [0.5, 0.6) is 5.75 Å². The van der Waals surface area contributed by atoms with Gasteiger partial charge in [0.05, 0.1) is 17.3 Å². The summed E-state index contributed by atoms with van der Waals surface area (Å²) in [5.74, 6) is -1.37. The molecule has 2 heterocycles. The molecule has 0 aliphatic carbocycles. The van der Waals surface area contributed by atoms with Gasteiger partial charge in [0.15, 0.2) is 11.6 Å². The Hall–Kier alpha value is -3.64. The van der Waals surface area contributed by atoms with Gasteiger partial charge in [-0.2, -0.15) is 13.2 Å². The molecule has 1 atom stereocenters. The summed E-state index contributed by atoms with van der Waals surface area (Å²) < 4.78 is 64.0. The smallest absolute Gasteiger partial charge is 0.419 e. The molecule has 2 amide bonds. The number of alkyl carbamates (subject to hydrolysis) is 1. The fourth-order valence-electron chi connectivity index (χ4n) is 3.31. The average molecular weight is 513 g/mol. The zero-order chi connectivity index (χ0) is 26.7. The van der Waals surface area contributed by atoms with Crippen LogP contribution in [0.15, 0.2) is 30.6 Å². The summed E-state index contributed by atoms with van der Waals surface area (Å²) in [6, 6.07) is 3.86. The molecule has 0 bridgehead atoms. The van der Waals surface area contributed by atoms with Crippen LogP contribution in [-0.4, -0.2) is 59.9 Å². The van der Waals surface area contributed by atoms with E-state index in [0.717, 1.165) is 0 Å². The van der Waals surface area contributed by atoms with Gasteiger partial charge in [-0.1, -0.05) is 6.07 Å². The first kappa shape index (κ1) is 27.0. The van der Waals surface area contributed by atoms with Crippen LogP contribution >= 0.6 is 0 Å². The number of nitrogens with one attached hydrogen (secondary N) is 1. The minimum absolute atomic E-state index is 0.00163. The van der Waals surface area contributed by atoms with E-state index in [1.165, 1.54) is 28.0 Å². The maximum atomic E-state index is 15.2. The summed E-state index contributed by atoms with van der Waals surface area (Å²) in [5.41, 5.74) is -1.66. The Bertz CT molecular complexity index is 1090. The summed E-state index contributed by atoms with van der Waals surface area (Å²) in [7, 11) is 0. The SMILES string of the molecule is CC(COc1cccc(N2CCN(c3ncc(C(F)(F)F)cn3)CC2=O)c1F)NC(=O)OC(C)(C)C. The van der Waals surface area contributed by atoms with Crippen LogP contribution in [0.1, 0.15) is 33.3 Å². The molecule has 1 unspecified atom stereocenters. The summed E-state index contributed by atoms with van der Waals surface area (Å²) in [5, 5.41) is 2.59. The van der Waals surface area contributed by atoms with Crippen LogP contribution in [0.4, 0.5) is 34.0 Å². The molecule has 1 aliphatic rings. The quantitative estimate of drug-likeness (QED) is 0.588. The number of carbonyl (C=O) groups excluding carboxylic acids is 2. The molecule has 1 saturated heterocycles. The number of carbonyl (C=O) groups is 2. The highest BCUT2D eigenvalue weighted by Gasteiger charge is 2.33. The fourth-order valence-corrected chi connectivity index (χ4v) is 3.31. The Labute approximate surface area is 205 Å². The highest BCUT2D eigenvalue weighted by atomic mass is 19.4. The third-order valence-corrected chi connectivity index (χ3v) is 4.95. The maximum Gasteiger partial charge on any atom is 0.419 e. The number of piperazine rings is 1. The number of halogens is 4. The second kappa shape index (κ2) is 10.5. The van der Waals surface area contributed by atoms with Crippen molar-refractivity contribution >= 4 is 23.6 Å². The highest BCUT2D eigenvalue weighted by molar-refractivity contribution is 5.97. The number of aromatic nitrogens is 2. The standard InChI is InChI=1S/C23H27F4N5O4/c1-14(30-21(34)36-22(2,3)4)13-35-17-7-5-6-16(19(17)24)32-9-8-31(12-18(32)33)20-28-10-15(11-29-20)23(25,26)27/h5-7,10-11,14H,8-9,12-13H2,1-4H3,(H,30,34). The highest BCUT2D eigenvalue weighted by Crippen LogP contribution is 2.30. The van der Waals surface area contributed by atoms with Gasteiger partial charge in [-0.05, 0) is 39.8 Å². The number of benzene rings is 1. The van der Waals surface area contributed by atoms with Gasteiger partial charge >= 0.3 is 12.3 Å². The molecule has 0 spiro atoms. The van der Waals surface area contributed by atoms with Crippen LogP contribution in [-0.2, 0) is 15.7 Å². The Balaban J connectivity index is 1.61. The lowest BCUT2D eigenvalue weighted by atomic mass is 10.2. The van der Waals surface area contributed by atoms with Crippen molar-refractivity contribution in [1.29, 1.82) is 0 Å². The molecular formula is C23H27F4N5O4. The first-order valence-electron chi connectivity index (χ1n) is 11.1. The zero-order valence-corrected chi connectivity index (χ0v) is 20.2. The molecule has 196 valence electrons. The number of anilines is 2. The molecule has 1 aliphatic heterocycles. The van der Waals surface area contributed by atoms with E-state index in [1.807, 2.05) is 0 Å². The number of nitrogens with zero attached hydrogens (tertiary/aromatic N) is 4. The van der Waals surface area contributed by atoms with Gasteiger partial charge in [-0.15, -0.1) is 0 Å². The Morgan fingerprint density at radius 2 is 1.83 bits per heavy atom. The molecule has 0 radical (unpaired) electrons. The summed E-state index contributed by atoms with van der Waals surface area (Å²) in [6.45, 7) is 6.79.